The van der Waals surface area contributed by atoms with Gasteiger partial charge in [0.2, 0.25) is 0 Å². The molecule has 21 heavy (non-hydrogen) atoms. The molecule has 3 rings (SSSR count). The summed E-state index contributed by atoms with van der Waals surface area (Å²) in [6.07, 6.45) is -1.94. The smallest absolute Gasteiger partial charge is 0.391 e. The molecule has 1 fully saturated rings. The van der Waals surface area contributed by atoms with Crippen molar-refractivity contribution in [1.29, 1.82) is 0 Å². The first kappa shape index (κ1) is 14.1. The van der Waals surface area contributed by atoms with Crippen LogP contribution in [0, 0.1) is 0 Å². The van der Waals surface area contributed by atoms with Gasteiger partial charge >= 0.3 is 6.18 Å². The van der Waals surface area contributed by atoms with E-state index in [4.69, 9.17) is 0 Å². The summed E-state index contributed by atoms with van der Waals surface area (Å²) in [5.41, 5.74) is -0.0631. The number of rotatable bonds is 1. The number of anilines is 1. The van der Waals surface area contributed by atoms with Gasteiger partial charge in [0.1, 0.15) is 0 Å². The number of aliphatic hydroxyl groups is 1. The number of nitrogens with zero attached hydrogens (tertiary/aromatic N) is 2. The summed E-state index contributed by atoms with van der Waals surface area (Å²) in [7, 11) is 0. The summed E-state index contributed by atoms with van der Waals surface area (Å²) >= 11 is 0. The second-order valence-corrected chi connectivity index (χ2v) is 5.27. The van der Waals surface area contributed by atoms with Gasteiger partial charge in [0.25, 0.3) is 0 Å². The van der Waals surface area contributed by atoms with Crippen molar-refractivity contribution in [3.05, 3.63) is 36.0 Å². The van der Waals surface area contributed by atoms with E-state index in [0.717, 1.165) is 25.5 Å². The van der Waals surface area contributed by atoms with Crippen LogP contribution in [0.1, 0.15) is 18.4 Å². The summed E-state index contributed by atoms with van der Waals surface area (Å²) in [6, 6.07) is 5.83. The van der Waals surface area contributed by atoms with Crippen molar-refractivity contribution in [2.75, 3.05) is 18.0 Å². The van der Waals surface area contributed by atoms with Gasteiger partial charge in [-0.2, -0.15) is 13.2 Å². The predicted molar refractivity (Wildman–Crippen MR) is 74.2 cm³/mol. The molecule has 1 atom stereocenters. The number of fused-ring (bicyclic) bond motifs is 1. The maximum atomic E-state index is 13.1. The molecule has 1 aromatic heterocycles. The lowest BCUT2D eigenvalue weighted by Crippen LogP contribution is -2.38. The molecule has 1 N–H and O–H groups in total. The number of alkyl halides is 3. The number of aliphatic hydroxyl groups excluding tert-OH is 1. The SMILES string of the molecule is OC1CCCN(c2ccc(C(F)(F)F)c3ncccc23)C1. The number of hydrogen-bond acceptors (Lipinski definition) is 3. The molecule has 3 nitrogen and oxygen atoms in total. The van der Waals surface area contributed by atoms with Crippen LogP contribution in [0.4, 0.5) is 18.9 Å². The molecule has 6 heteroatoms. The van der Waals surface area contributed by atoms with Crippen LogP contribution in [0.5, 0.6) is 0 Å². The van der Waals surface area contributed by atoms with Crippen molar-refractivity contribution in [3.8, 4) is 0 Å². The molecule has 1 aromatic carbocycles. The Morgan fingerprint density at radius 2 is 2.05 bits per heavy atom. The van der Waals surface area contributed by atoms with Gasteiger partial charge in [-0.1, -0.05) is 0 Å². The maximum absolute atomic E-state index is 13.1. The average Bonchev–Trinajstić information content (AvgIpc) is 2.45. The van der Waals surface area contributed by atoms with E-state index in [9.17, 15) is 18.3 Å². The molecule has 1 unspecified atom stereocenters. The van der Waals surface area contributed by atoms with Crippen LogP contribution in [-0.4, -0.2) is 29.3 Å². The number of β-amino-alcohol motifs (C(OH)–C–C–N with tert-alkyl or cyclic N) is 1. The summed E-state index contributed by atoms with van der Waals surface area (Å²) < 4.78 is 39.2. The van der Waals surface area contributed by atoms with Crippen molar-refractivity contribution >= 4 is 16.6 Å². The van der Waals surface area contributed by atoms with Gasteiger partial charge in [-0.25, -0.2) is 0 Å². The van der Waals surface area contributed by atoms with Crippen LogP contribution in [-0.2, 0) is 6.18 Å². The van der Waals surface area contributed by atoms with Crippen LogP contribution in [0.3, 0.4) is 0 Å². The molecule has 0 spiro atoms. The van der Waals surface area contributed by atoms with Gasteiger partial charge < -0.3 is 10.0 Å². The highest BCUT2D eigenvalue weighted by atomic mass is 19.4. The number of aromatic nitrogens is 1. The molecular weight excluding hydrogens is 281 g/mol. The normalized spacial score (nSPS) is 20.0. The minimum atomic E-state index is -4.42. The Labute approximate surface area is 120 Å². The standard InChI is InChI=1S/C15H15F3N2O/c16-15(17,18)12-5-6-13(11-4-1-7-19-14(11)12)20-8-2-3-10(21)9-20/h1,4-7,10,21H,2-3,8-9H2. The van der Waals surface area contributed by atoms with Crippen molar-refractivity contribution in [2.24, 2.45) is 0 Å². The number of halogens is 3. The molecule has 2 aromatic rings. The first-order valence-corrected chi connectivity index (χ1v) is 6.85. The quantitative estimate of drug-likeness (QED) is 0.878. The summed E-state index contributed by atoms with van der Waals surface area (Å²) in [5.74, 6) is 0. The minimum absolute atomic E-state index is 0.0393. The molecule has 1 aliphatic rings. The molecule has 1 aliphatic heterocycles. The molecule has 0 saturated carbocycles. The third-order valence-corrected chi connectivity index (χ3v) is 3.79. The third kappa shape index (κ3) is 2.68. The summed E-state index contributed by atoms with van der Waals surface area (Å²) in [5, 5.41) is 10.2. The molecule has 1 saturated heterocycles. The van der Waals surface area contributed by atoms with E-state index in [1.54, 1.807) is 12.1 Å². The summed E-state index contributed by atoms with van der Waals surface area (Å²) in [6.45, 7) is 1.17. The Balaban J connectivity index is 2.13. The lowest BCUT2D eigenvalue weighted by atomic mass is 10.0. The van der Waals surface area contributed by atoms with E-state index in [2.05, 4.69) is 4.98 Å². The molecule has 0 aliphatic carbocycles. The molecule has 0 amide bonds. The van der Waals surface area contributed by atoms with Crippen molar-refractivity contribution in [2.45, 2.75) is 25.1 Å². The fourth-order valence-corrected chi connectivity index (χ4v) is 2.84. The topological polar surface area (TPSA) is 36.4 Å². The highest BCUT2D eigenvalue weighted by Gasteiger charge is 2.34. The van der Waals surface area contributed by atoms with E-state index in [0.29, 0.717) is 17.6 Å². The highest BCUT2D eigenvalue weighted by Crippen LogP contribution is 2.38. The van der Waals surface area contributed by atoms with Crippen LogP contribution in [0.2, 0.25) is 0 Å². The predicted octanol–water partition coefficient (Wildman–Crippen LogP) is 3.21. The maximum Gasteiger partial charge on any atom is 0.418 e. The zero-order chi connectivity index (χ0) is 15.0. The number of benzene rings is 1. The van der Waals surface area contributed by atoms with Crippen molar-refractivity contribution < 1.29 is 18.3 Å². The Hall–Kier alpha value is -1.82. The molecule has 112 valence electrons. The molecule has 2 heterocycles. The third-order valence-electron chi connectivity index (χ3n) is 3.79. The van der Waals surface area contributed by atoms with Crippen LogP contribution < -0.4 is 4.90 Å². The van der Waals surface area contributed by atoms with Crippen LogP contribution in [0.25, 0.3) is 10.9 Å². The first-order valence-electron chi connectivity index (χ1n) is 6.85. The summed E-state index contributed by atoms with van der Waals surface area (Å²) in [4.78, 5) is 5.84. The Bertz CT molecular complexity index is 657. The molecular formula is C15H15F3N2O. The van der Waals surface area contributed by atoms with Crippen molar-refractivity contribution in [1.82, 2.24) is 4.98 Å². The van der Waals surface area contributed by atoms with Gasteiger partial charge in [0.15, 0.2) is 0 Å². The fraction of sp³-hybridized carbons (Fsp3) is 0.400. The number of pyridine rings is 1. The average molecular weight is 296 g/mol. The van der Waals surface area contributed by atoms with Gasteiger partial charge in [-0.05, 0) is 37.1 Å². The van der Waals surface area contributed by atoms with Gasteiger partial charge in [0.05, 0.1) is 17.2 Å². The Kier molecular flexibility index (Phi) is 3.49. The van der Waals surface area contributed by atoms with E-state index in [1.165, 1.54) is 12.3 Å². The lowest BCUT2D eigenvalue weighted by Gasteiger charge is -2.33. The second kappa shape index (κ2) is 5.18. The zero-order valence-corrected chi connectivity index (χ0v) is 11.3. The largest absolute Gasteiger partial charge is 0.418 e. The van der Waals surface area contributed by atoms with E-state index in [1.807, 2.05) is 4.90 Å². The van der Waals surface area contributed by atoms with E-state index >= 15 is 0 Å². The Morgan fingerprint density at radius 3 is 2.76 bits per heavy atom. The molecule has 0 radical (unpaired) electrons. The number of piperidine rings is 1. The fourth-order valence-electron chi connectivity index (χ4n) is 2.84. The Morgan fingerprint density at radius 1 is 1.24 bits per heavy atom. The van der Waals surface area contributed by atoms with Crippen LogP contribution >= 0.6 is 0 Å². The van der Waals surface area contributed by atoms with E-state index < -0.39 is 17.8 Å². The molecule has 0 bridgehead atoms. The van der Waals surface area contributed by atoms with Crippen molar-refractivity contribution in [3.63, 3.8) is 0 Å². The zero-order valence-electron chi connectivity index (χ0n) is 11.3. The van der Waals surface area contributed by atoms with Crippen LogP contribution in [0.15, 0.2) is 30.5 Å². The minimum Gasteiger partial charge on any atom is -0.391 e. The first-order chi connectivity index (χ1) is 9.97. The monoisotopic (exact) mass is 296 g/mol. The van der Waals surface area contributed by atoms with Gasteiger partial charge in [-0.15, -0.1) is 0 Å². The van der Waals surface area contributed by atoms with Gasteiger partial charge in [0, 0.05) is 30.4 Å². The van der Waals surface area contributed by atoms with E-state index in [-0.39, 0.29) is 5.52 Å². The number of hydrogen-bond donors (Lipinski definition) is 1. The highest BCUT2D eigenvalue weighted by molar-refractivity contribution is 5.94. The second-order valence-electron chi connectivity index (χ2n) is 5.27. The van der Waals surface area contributed by atoms with Gasteiger partial charge in [-0.3, -0.25) is 4.98 Å². The lowest BCUT2D eigenvalue weighted by molar-refractivity contribution is -0.136.